The number of esters is 1. The summed E-state index contributed by atoms with van der Waals surface area (Å²) in [6, 6.07) is 15.7. The number of likely N-dealkylation sites (tertiary alicyclic amines) is 1. The molecule has 2 aromatic carbocycles. The lowest BCUT2D eigenvalue weighted by Crippen LogP contribution is -2.33. The second-order valence-electron chi connectivity index (χ2n) is 10.6. The number of piperidine rings is 1. The van der Waals surface area contributed by atoms with E-state index >= 15 is 0 Å². The molecule has 8 nitrogen and oxygen atoms in total. The van der Waals surface area contributed by atoms with Crippen molar-refractivity contribution in [1.82, 2.24) is 19.9 Å². The van der Waals surface area contributed by atoms with Crippen molar-refractivity contribution < 1.29 is 23.5 Å². The van der Waals surface area contributed by atoms with Gasteiger partial charge in [0.25, 0.3) is 0 Å². The summed E-state index contributed by atoms with van der Waals surface area (Å²) in [7, 11) is 1.37. The molecule has 40 heavy (non-hydrogen) atoms. The first-order valence-electron chi connectivity index (χ1n) is 13.7. The zero-order valence-electron chi connectivity index (χ0n) is 22.4. The fraction of sp³-hybridized carbons (Fsp3) is 0.355. The first-order chi connectivity index (χ1) is 19.5. The molecular formula is C31H31FN4O4. The number of aromatic amines is 1. The SMILES string of the molecule is COC(=O)c1ccc2nc(CN3CCC(c4cccc(OCc5ccc(C(=O)C6CC6)cc5F)n4)CC3)[nH]c2c1. The smallest absolute Gasteiger partial charge is 0.337 e. The van der Waals surface area contributed by atoms with E-state index in [0.717, 1.165) is 61.3 Å². The fourth-order valence-corrected chi connectivity index (χ4v) is 5.27. The number of imidazole rings is 1. The van der Waals surface area contributed by atoms with Gasteiger partial charge in [0.05, 0.1) is 30.3 Å². The fourth-order valence-electron chi connectivity index (χ4n) is 5.27. The predicted octanol–water partition coefficient (Wildman–Crippen LogP) is 5.43. The van der Waals surface area contributed by atoms with Crippen molar-refractivity contribution in [2.45, 2.75) is 44.8 Å². The number of carbonyl (C=O) groups is 2. The summed E-state index contributed by atoms with van der Waals surface area (Å²) in [5.41, 5.74) is 3.94. The molecule has 0 amide bonds. The van der Waals surface area contributed by atoms with Crippen LogP contribution in [0.5, 0.6) is 5.88 Å². The standard InChI is InChI=1S/C31H31FN4O4/c1-39-31(38)22-9-10-26-27(16-22)34-28(33-26)17-36-13-11-19(12-14-36)25-3-2-4-29(35-25)40-18-23-8-7-21(15-24(23)32)30(37)20-5-6-20/h2-4,7-10,15-16,19-20H,5-6,11-14,17-18H2,1H3,(H,33,34). The van der Waals surface area contributed by atoms with Crippen molar-refractivity contribution in [1.29, 1.82) is 0 Å². The Morgan fingerprint density at radius 3 is 2.55 bits per heavy atom. The van der Waals surface area contributed by atoms with Crippen LogP contribution in [0.25, 0.3) is 11.0 Å². The average Bonchev–Trinajstić information content (AvgIpc) is 3.75. The molecule has 1 aliphatic heterocycles. The van der Waals surface area contributed by atoms with E-state index in [1.807, 2.05) is 18.2 Å². The number of hydrogen-bond donors (Lipinski definition) is 1. The number of hydrogen-bond acceptors (Lipinski definition) is 7. The third-order valence-corrected chi connectivity index (χ3v) is 7.74. The van der Waals surface area contributed by atoms with Crippen molar-refractivity contribution in [2.24, 2.45) is 5.92 Å². The van der Waals surface area contributed by atoms with Crippen molar-refractivity contribution in [2.75, 3.05) is 20.2 Å². The zero-order valence-corrected chi connectivity index (χ0v) is 22.4. The summed E-state index contributed by atoms with van der Waals surface area (Å²) in [4.78, 5) is 39.1. The van der Waals surface area contributed by atoms with Crippen LogP contribution in [0.2, 0.25) is 0 Å². The Hall–Kier alpha value is -4.11. The molecule has 0 spiro atoms. The van der Waals surface area contributed by atoms with Crippen LogP contribution in [-0.2, 0) is 17.9 Å². The average molecular weight is 543 g/mol. The Labute approximate surface area is 231 Å². The number of ether oxygens (including phenoxy) is 2. The number of nitrogens with one attached hydrogen (secondary N) is 1. The maximum Gasteiger partial charge on any atom is 0.337 e. The van der Waals surface area contributed by atoms with E-state index < -0.39 is 5.82 Å². The molecule has 2 fully saturated rings. The highest BCUT2D eigenvalue weighted by Crippen LogP contribution is 2.33. The Bertz CT molecular complexity index is 1560. The van der Waals surface area contributed by atoms with E-state index in [2.05, 4.69) is 14.9 Å². The predicted molar refractivity (Wildman–Crippen MR) is 147 cm³/mol. The monoisotopic (exact) mass is 542 g/mol. The van der Waals surface area contributed by atoms with Gasteiger partial charge < -0.3 is 14.5 Å². The number of pyridine rings is 1. The number of benzene rings is 2. The number of methoxy groups -OCH3 is 1. The Morgan fingerprint density at radius 2 is 1.80 bits per heavy atom. The molecule has 0 unspecified atom stereocenters. The number of halogens is 1. The number of aromatic nitrogens is 3. The number of Topliss-reactive ketones (excluding diaryl/α,β-unsaturated/α-hetero) is 1. The number of rotatable bonds is 9. The lowest BCUT2D eigenvalue weighted by Gasteiger charge is -2.31. The molecule has 6 rings (SSSR count). The van der Waals surface area contributed by atoms with Crippen LogP contribution in [0, 0.1) is 11.7 Å². The van der Waals surface area contributed by atoms with Gasteiger partial charge in [0.15, 0.2) is 5.78 Å². The Morgan fingerprint density at radius 1 is 1.00 bits per heavy atom. The lowest BCUT2D eigenvalue weighted by atomic mass is 9.93. The molecule has 1 N–H and O–H groups in total. The van der Waals surface area contributed by atoms with Gasteiger partial charge in [-0.15, -0.1) is 0 Å². The van der Waals surface area contributed by atoms with Gasteiger partial charge in [-0.25, -0.2) is 19.2 Å². The summed E-state index contributed by atoms with van der Waals surface area (Å²) in [6.07, 6.45) is 3.70. The molecule has 206 valence electrons. The number of nitrogens with zero attached hydrogens (tertiary/aromatic N) is 3. The molecule has 1 saturated carbocycles. The van der Waals surface area contributed by atoms with Gasteiger partial charge in [0.2, 0.25) is 5.88 Å². The van der Waals surface area contributed by atoms with Crippen LogP contribution >= 0.6 is 0 Å². The normalized spacial score (nSPS) is 16.2. The van der Waals surface area contributed by atoms with Crippen LogP contribution in [-0.4, -0.2) is 51.8 Å². The van der Waals surface area contributed by atoms with Gasteiger partial charge in [0.1, 0.15) is 18.2 Å². The molecule has 4 aromatic rings. The number of fused-ring (bicyclic) bond motifs is 1. The van der Waals surface area contributed by atoms with Gasteiger partial charge >= 0.3 is 5.97 Å². The lowest BCUT2D eigenvalue weighted by molar-refractivity contribution is 0.0600. The molecule has 0 atom stereocenters. The molecule has 2 aliphatic rings. The number of carbonyl (C=O) groups excluding carboxylic acids is 2. The van der Waals surface area contributed by atoms with E-state index in [0.29, 0.717) is 35.0 Å². The van der Waals surface area contributed by atoms with E-state index in [9.17, 15) is 14.0 Å². The van der Waals surface area contributed by atoms with E-state index in [4.69, 9.17) is 14.5 Å². The summed E-state index contributed by atoms with van der Waals surface area (Å²) in [5, 5.41) is 0. The molecule has 2 aromatic heterocycles. The second kappa shape index (κ2) is 11.2. The molecule has 1 saturated heterocycles. The molecule has 9 heteroatoms. The summed E-state index contributed by atoms with van der Waals surface area (Å²) >= 11 is 0. The van der Waals surface area contributed by atoms with Crippen molar-refractivity contribution in [3.05, 3.63) is 88.6 Å². The first-order valence-corrected chi connectivity index (χ1v) is 13.7. The van der Waals surface area contributed by atoms with Gasteiger partial charge in [-0.2, -0.15) is 0 Å². The summed E-state index contributed by atoms with van der Waals surface area (Å²) in [6.45, 7) is 2.55. The minimum absolute atomic E-state index is 0.0265. The maximum atomic E-state index is 14.6. The van der Waals surface area contributed by atoms with Gasteiger partial charge in [-0.05, 0) is 69.1 Å². The molecule has 1 aliphatic carbocycles. The van der Waals surface area contributed by atoms with Crippen LogP contribution in [0.1, 0.15) is 69.4 Å². The minimum atomic E-state index is -0.427. The Kier molecular flexibility index (Phi) is 7.30. The van der Waals surface area contributed by atoms with Crippen LogP contribution < -0.4 is 4.74 Å². The highest BCUT2D eigenvalue weighted by Gasteiger charge is 2.30. The molecule has 0 bridgehead atoms. The zero-order chi connectivity index (χ0) is 27.6. The van der Waals surface area contributed by atoms with E-state index in [1.165, 1.54) is 13.2 Å². The van der Waals surface area contributed by atoms with Crippen LogP contribution in [0.4, 0.5) is 4.39 Å². The summed E-state index contributed by atoms with van der Waals surface area (Å²) < 4.78 is 25.2. The van der Waals surface area contributed by atoms with E-state index in [1.54, 1.807) is 30.3 Å². The first kappa shape index (κ1) is 26.1. The quantitative estimate of drug-likeness (QED) is 0.222. The number of ketones is 1. The van der Waals surface area contributed by atoms with Gasteiger partial charge in [-0.3, -0.25) is 9.69 Å². The minimum Gasteiger partial charge on any atom is -0.473 e. The topological polar surface area (TPSA) is 97.4 Å². The van der Waals surface area contributed by atoms with Crippen molar-refractivity contribution >= 4 is 22.8 Å². The third-order valence-electron chi connectivity index (χ3n) is 7.74. The number of H-pyrrole nitrogens is 1. The maximum absolute atomic E-state index is 14.6. The van der Waals surface area contributed by atoms with E-state index in [-0.39, 0.29) is 24.3 Å². The van der Waals surface area contributed by atoms with Crippen molar-refractivity contribution in [3.63, 3.8) is 0 Å². The van der Waals surface area contributed by atoms with Gasteiger partial charge in [-0.1, -0.05) is 18.2 Å². The molecule has 3 heterocycles. The Balaban J connectivity index is 1.03. The van der Waals surface area contributed by atoms with Crippen LogP contribution in [0.15, 0.2) is 54.6 Å². The second-order valence-corrected chi connectivity index (χ2v) is 10.6. The molecule has 0 radical (unpaired) electrons. The summed E-state index contributed by atoms with van der Waals surface area (Å²) in [5.74, 6) is 0.927. The highest BCUT2D eigenvalue weighted by atomic mass is 19.1. The largest absolute Gasteiger partial charge is 0.473 e. The highest BCUT2D eigenvalue weighted by molar-refractivity contribution is 5.99. The van der Waals surface area contributed by atoms with Gasteiger partial charge in [0, 0.05) is 34.7 Å². The van der Waals surface area contributed by atoms with Crippen LogP contribution in [0.3, 0.4) is 0 Å². The third kappa shape index (κ3) is 5.74. The van der Waals surface area contributed by atoms with Crippen molar-refractivity contribution in [3.8, 4) is 5.88 Å². The molecular weight excluding hydrogens is 511 g/mol.